The predicted molar refractivity (Wildman–Crippen MR) is 108 cm³/mol. The van der Waals surface area contributed by atoms with E-state index in [2.05, 4.69) is 9.71 Å². The third kappa shape index (κ3) is 4.44. The fraction of sp³-hybridized carbons (Fsp3) is 0.444. The summed E-state index contributed by atoms with van der Waals surface area (Å²) in [6.45, 7) is 6.50. The van der Waals surface area contributed by atoms with Crippen molar-refractivity contribution in [1.82, 2.24) is 9.88 Å². The number of anilines is 1. The van der Waals surface area contributed by atoms with E-state index in [9.17, 15) is 13.2 Å². The Bertz CT molecular complexity index is 964. The fourth-order valence-electron chi connectivity index (χ4n) is 3.20. The van der Waals surface area contributed by atoms with E-state index in [4.69, 9.17) is 11.6 Å². The number of nitrogens with zero attached hydrogens (tertiary/aromatic N) is 2. The van der Waals surface area contributed by atoms with Crippen molar-refractivity contribution in [3.05, 3.63) is 38.7 Å². The van der Waals surface area contributed by atoms with E-state index >= 15 is 0 Å². The summed E-state index contributed by atoms with van der Waals surface area (Å²) >= 11 is 7.51. The number of hydrogen-bond donors (Lipinski definition) is 1. The topological polar surface area (TPSA) is 79.4 Å². The highest BCUT2D eigenvalue weighted by molar-refractivity contribution is 7.92. The number of likely N-dealkylation sites (tertiary alicyclic amines) is 1. The van der Waals surface area contributed by atoms with Gasteiger partial charge >= 0.3 is 0 Å². The van der Waals surface area contributed by atoms with Crippen molar-refractivity contribution in [2.45, 2.75) is 44.4 Å². The van der Waals surface area contributed by atoms with Crippen LogP contribution in [0.5, 0.6) is 0 Å². The molecular weight excluding hydrogens is 406 g/mol. The van der Waals surface area contributed by atoms with Crippen LogP contribution in [0.2, 0.25) is 5.02 Å². The lowest BCUT2D eigenvalue weighted by atomic mass is 9.97. The molecule has 1 N–H and O–H groups in total. The number of piperidine rings is 1. The summed E-state index contributed by atoms with van der Waals surface area (Å²) in [4.78, 5) is 18.0. The van der Waals surface area contributed by atoms with Crippen LogP contribution in [0.4, 0.5) is 5.82 Å². The van der Waals surface area contributed by atoms with E-state index in [1.807, 2.05) is 4.90 Å². The number of thiazole rings is 1. The van der Waals surface area contributed by atoms with Crippen molar-refractivity contribution in [2.24, 2.45) is 0 Å². The van der Waals surface area contributed by atoms with Crippen LogP contribution in [0, 0.1) is 13.8 Å². The average Bonchev–Trinajstić information content (AvgIpc) is 3.05. The molecule has 0 spiro atoms. The maximum absolute atomic E-state index is 12.8. The van der Waals surface area contributed by atoms with Gasteiger partial charge < -0.3 is 4.90 Å². The molecule has 146 valence electrons. The van der Waals surface area contributed by atoms with Crippen molar-refractivity contribution in [3.63, 3.8) is 0 Å². The van der Waals surface area contributed by atoms with Gasteiger partial charge in [0.1, 0.15) is 0 Å². The molecular formula is C18H22ClN3O3S2. The zero-order valence-electron chi connectivity index (χ0n) is 15.5. The molecule has 1 aliphatic rings. The molecule has 1 aromatic heterocycles. The number of aryl methyl sites for hydroxylation is 2. The number of aromatic nitrogens is 1. The Morgan fingerprint density at radius 3 is 2.56 bits per heavy atom. The number of nitrogens with one attached hydrogen (secondary N) is 1. The summed E-state index contributed by atoms with van der Waals surface area (Å²) in [5.74, 6) is 0.675. The van der Waals surface area contributed by atoms with Gasteiger partial charge in [-0.1, -0.05) is 11.6 Å². The normalized spacial score (nSPS) is 15.8. The lowest BCUT2D eigenvalue weighted by molar-refractivity contribution is -0.129. The van der Waals surface area contributed by atoms with Gasteiger partial charge in [0.25, 0.3) is 10.0 Å². The Morgan fingerprint density at radius 1 is 1.26 bits per heavy atom. The second-order valence-electron chi connectivity index (χ2n) is 6.82. The molecule has 1 fully saturated rings. The first kappa shape index (κ1) is 20.1. The molecule has 0 bridgehead atoms. The third-order valence-corrected chi connectivity index (χ3v) is 7.71. The molecule has 0 atom stereocenters. The van der Waals surface area contributed by atoms with Gasteiger partial charge in [0.05, 0.1) is 9.90 Å². The van der Waals surface area contributed by atoms with Crippen molar-refractivity contribution in [3.8, 4) is 0 Å². The Kier molecular flexibility index (Phi) is 5.79. The monoisotopic (exact) mass is 427 g/mol. The van der Waals surface area contributed by atoms with E-state index in [-0.39, 0.29) is 16.7 Å². The Morgan fingerprint density at radius 2 is 1.93 bits per heavy atom. The molecule has 1 aliphatic heterocycles. The first-order chi connectivity index (χ1) is 12.7. The first-order valence-electron chi connectivity index (χ1n) is 8.68. The molecule has 0 unspecified atom stereocenters. The summed E-state index contributed by atoms with van der Waals surface area (Å²) < 4.78 is 28.1. The average molecular weight is 428 g/mol. The Hall–Kier alpha value is -1.64. The van der Waals surface area contributed by atoms with E-state index in [0.29, 0.717) is 35.1 Å². The van der Waals surface area contributed by atoms with Gasteiger partial charge in [-0.3, -0.25) is 9.52 Å². The van der Waals surface area contributed by atoms with Gasteiger partial charge in [0.2, 0.25) is 5.91 Å². The standard InChI is InChI=1S/C18H22ClN3O3S2/c1-11-9-16(12(2)8-15(11)19)27(24,25)21-17-10-26-18(20-17)14-4-6-22(7-5-14)13(3)23/h8-10,14,21H,4-7H2,1-3H3. The lowest BCUT2D eigenvalue weighted by Crippen LogP contribution is -2.36. The van der Waals surface area contributed by atoms with Crippen LogP contribution in [-0.2, 0) is 14.8 Å². The highest BCUT2D eigenvalue weighted by Crippen LogP contribution is 2.32. The van der Waals surface area contributed by atoms with E-state index in [0.717, 1.165) is 17.8 Å². The molecule has 1 aromatic carbocycles. The third-order valence-electron chi connectivity index (χ3n) is 4.80. The van der Waals surface area contributed by atoms with Crippen molar-refractivity contribution in [1.29, 1.82) is 0 Å². The highest BCUT2D eigenvalue weighted by atomic mass is 35.5. The smallest absolute Gasteiger partial charge is 0.263 e. The summed E-state index contributed by atoms with van der Waals surface area (Å²) in [6.07, 6.45) is 1.68. The Balaban J connectivity index is 1.74. The van der Waals surface area contributed by atoms with Gasteiger partial charge in [-0.25, -0.2) is 13.4 Å². The number of hydrogen-bond acceptors (Lipinski definition) is 5. The number of rotatable bonds is 4. The summed E-state index contributed by atoms with van der Waals surface area (Å²) in [5.41, 5.74) is 1.30. The van der Waals surface area contributed by atoms with Crippen LogP contribution in [0.1, 0.15) is 41.8 Å². The maximum atomic E-state index is 12.8. The van der Waals surface area contributed by atoms with Crippen LogP contribution >= 0.6 is 22.9 Å². The van der Waals surface area contributed by atoms with Gasteiger partial charge in [-0.2, -0.15) is 0 Å². The number of benzene rings is 1. The molecule has 9 heteroatoms. The minimum absolute atomic E-state index is 0.0923. The maximum Gasteiger partial charge on any atom is 0.263 e. The number of carbonyl (C=O) groups excluding carboxylic acids is 1. The van der Waals surface area contributed by atoms with Gasteiger partial charge in [-0.15, -0.1) is 11.3 Å². The Labute approximate surface area is 168 Å². The van der Waals surface area contributed by atoms with Crippen LogP contribution < -0.4 is 4.72 Å². The van der Waals surface area contributed by atoms with Crippen LogP contribution in [0.25, 0.3) is 0 Å². The summed E-state index contributed by atoms with van der Waals surface area (Å²) in [5, 5.41) is 3.17. The molecule has 0 saturated carbocycles. The second kappa shape index (κ2) is 7.77. The van der Waals surface area contributed by atoms with Crippen molar-refractivity contribution < 1.29 is 13.2 Å². The molecule has 27 heavy (non-hydrogen) atoms. The van der Waals surface area contributed by atoms with Crippen molar-refractivity contribution >= 4 is 44.7 Å². The molecule has 0 aliphatic carbocycles. The quantitative estimate of drug-likeness (QED) is 0.801. The molecule has 2 aromatic rings. The molecule has 2 heterocycles. The van der Waals surface area contributed by atoms with Crippen LogP contribution in [0.15, 0.2) is 22.4 Å². The predicted octanol–water partition coefficient (Wildman–Crippen LogP) is 3.94. The molecule has 3 rings (SSSR count). The van der Waals surface area contributed by atoms with Gasteiger partial charge in [0.15, 0.2) is 5.82 Å². The zero-order valence-corrected chi connectivity index (χ0v) is 17.8. The van der Waals surface area contributed by atoms with Gasteiger partial charge in [-0.05, 0) is 49.9 Å². The largest absolute Gasteiger partial charge is 0.343 e. The number of amides is 1. The molecule has 0 radical (unpaired) electrons. The molecule has 1 amide bonds. The first-order valence-corrected chi connectivity index (χ1v) is 11.4. The van der Waals surface area contributed by atoms with Crippen LogP contribution in [-0.4, -0.2) is 37.3 Å². The SMILES string of the molecule is CC(=O)N1CCC(c2nc(NS(=O)(=O)c3cc(C)c(Cl)cc3C)cs2)CC1. The minimum atomic E-state index is -3.74. The number of sulfonamides is 1. The number of halogens is 1. The van der Waals surface area contributed by atoms with E-state index in [1.165, 1.54) is 11.3 Å². The summed E-state index contributed by atoms with van der Waals surface area (Å²) in [7, 11) is -3.74. The van der Waals surface area contributed by atoms with E-state index in [1.54, 1.807) is 38.3 Å². The zero-order chi connectivity index (χ0) is 19.8. The van der Waals surface area contributed by atoms with E-state index < -0.39 is 10.0 Å². The summed E-state index contributed by atoms with van der Waals surface area (Å²) in [6, 6.07) is 3.23. The number of carbonyl (C=O) groups is 1. The van der Waals surface area contributed by atoms with Crippen LogP contribution in [0.3, 0.4) is 0 Å². The van der Waals surface area contributed by atoms with Crippen molar-refractivity contribution in [2.75, 3.05) is 17.8 Å². The minimum Gasteiger partial charge on any atom is -0.343 e. The van der Waals surface area contributed by atoms with Gasteiger partial charge in [0, 0.05) is 36.3 Å². The fourth-order valence-corrected chi connectivity index (χ4v) is 5.72. The molecule has 1 saturated heterocycles. The second-order valence-corrected chi connectivity index (χ2v) is 9.77. The molecule has 6 nitrogen and oxygen atoms in total. The highest BCUT2D eigenvalue weighted by Gasteiger charge is 2.25. The lowest BCUT2D eigenvalue weighted by Gasteiger charge is -2.30.